The molecule has 12 aromatic rings. The predicted molar refractivity (Wildman–Crippen MR) is 311 cm³/mol. The monoisotopic (exact) mass is 946 g/mol. The van der Waals surface area contributed by atoms with Crippen LogP contribution in [0.4, 0.5) is 39.8 Å². The summed E-state index contributed by atoms with van der Waals surface area (Å²) in [5.74, 6) is 0. The lowest BCUT2D eigenvalue weighted by Crippen LogP contribution is -2.13. The molecule has 0 aliphatic carbocycles. The molecule has 0 amide bonds. The molecule has 0 aliphatic heterocycles. The summed E-state index contributed by atoms with van der Waals surface area (Å²) in [7, 11) is 0. The molecule has 0 saturated heterocycles. The molecule has 0 fully saturated rings. The Labute approximate surface area is 433 Å². The first-order valence-corrected chi connectivity index (χ1v) is 25.1. The van der Waals surface area contributed by atoms with E-state index in [0.717, 1.165) is 89.4 Å². The number of anilines is 6. The number of hydrogen-bond acceptors (Lipinski definition) is 3. The van der Waals surface area contributed by atoms with Crippen molar-refractivity contribution in [2.75, 3.05) is 9.80 Å². The number of benzene rings is 12. The third-order valence-corrected chi connectivity index (χ3v) is 14.5. The molecule has 0 unspecified atom stereocenters. The van der Waals surface area contributed by atoms with Crippen molar-refractivity contribution in [2.24, 2.45) is 0 Å². The topological polar surface area (TPSA) is 34.6 Å². The Kier molecular flexibility index (Phi) is 11.5. The summed E-state index contributed by atoms with van der Waals surface area (Å²) in [6, 6.07) is 85.0. The maximum atomic E-state index is 9.71. The molecular formula is C70H50N4. The molecule has 4 nitrogen and oxygen atoms in total. The van der Waals surface area contributed by atoms with E-state index in [0.29, 0.717) is 11.3 Å². The first kappa shape index (κ1) is 45.4. The van der Waals surface area contributed by atoms with E-state index in [-0.39, 0.29) is 0 Å². The number of nitriles is 1. The van der Waals surface area contributed by atoms with E-state index in [4.69, 9.17) is 6.57 Å². The fourth-order valence-corrected chi connectivity index (χ4v) is 11.0. The average Bonchev–Trinajstić information content (AvgIpc) is 3.46. The third-order valence-electron chi connectivity index (χ3n) is 14.5. The van der Waals surface area contributed by atoms with Gasteiger partial charge in [0, 0.05) is 33.5 Å². The van der Waals surface area contributed by atoms with Crippen molar-refractivity contribution in [3.05, 3.63) is 270 Å². The fraction of sp³-hybridized carbons (Fsp3) is 0.0571. The van der Waals surface area contributed by atoms with Gasteiger partial charge in [-0.25, -0.2) is 4.85 Å². The normalized spacial score (nSPS) is 11.2. The molecule has 12 rings (SSSR count). The maximum absolute atomic E-state index is 9.71. The number of rotatable bonds is 10. The SMILES string of the molecule is [C-]#[N+]c1ccc(-c2cc(-c3ccccc3)cc(N(c3ccc(C)cc3C)c3ccc4ccc5c(N(c6cc(-c7ccccc7)cc(-c7ccc(C#N)cc7)c6)c6ccc(C)cc6C)ccc6ccc3c4c65)c2)cc1. The first-order chi connectivity index (χ1) is 36.2. The second kappa shape index (κ2) is 18.8. The van der Waals surface area contributed by atoms with Crippen molar-refractivity contribution >= 4 is 72.1 Å². The highest BCUT2D eigenvalue weighted by atomic mass is 15.2. The van der Waals surface area contributed by atoms with Crippen LogP contribution < -0.4 is 9.80 Å². The average molecular weight is 947 g/mol. The lowest BCUT2D eigenvalue weighted by molar-refractivity contribution is 1.25. The summed E-state index contributed by atoms with van der Waals surface area (Å²) >= 11 is 0. The molecule has 4 heteroatoms. The molecule has 0 aromatic heterocycles. The Morgan fingerprint density at radius 3 is 1.14 bits per heavy atom. The Morgan fingerprint density at radius 2 is 0.743 bits per heavy atom. The van der Waals surface area contributed by atoms with Crippen molar-refractivity contribution in [2.45, 2.75) is 27.7 Å². The Morgan fingerprint density at radius 1 is 0.365 bits per heavy atom. The van der Waals surface area contributed by atoms with Gasteiger partial charge in [0.1, 0.15) is 0 Å². The largest absolute Gasteiger partial charge is 0.310 e. The summed E-state index contributed by atoms with van der Waals surface area (Å²) in [5.41, 5.74) is 21.1. The van der Waals surface area contributed by atoms with E-state index in [9.17, 15) is 5.26 Å². The van der Waals surface area contributed by atoms with Gasteiger partial charge >= 0.3 is 0 Å². The van der Waals surface area contributed by atoms with Crippen LogP contribution in [-0.4, -0.2) is 0 Å². The van der Waals surface area contributed by atoms with Gasteiger partial charge in [0.25, 0.3) is 0 Å². The van der Waals surface area contributed by atoms with Crippen LogP contribution in [0.15, 0.2) is 231 Å². The highest BCUT2D eigenvalue weighted by molar-refractivity contribution is 6.28. The molecule has 0 N–H and O–H groups in total. The quantitative estimate of drug-likeness (QED) is 0.101. The second-order valence-electron chi connectivity index (χ2n) is 19.5. The molecule has 0 saturated carbocycles. The zero-order valence-corrected chi connectivity index (χ0v) is 41.7. The van der Waals surface area contributed by atoms with Crippen molar-refractivity contribution in [1.82, 2.24) is 0 Å². The van der Waals surface area contributed by atoms with Crippen molar-refractivity contribution in [1.29, 1.82) is 5.26 Å². The van der Waals surface area contributed by atoms with Crippen LogP contribution in [0.25, 0.3) is 81.7 Å². The number of aryl methyl sites for hydroxylation is 4. The Balaban J connectivity index is 1.11. The van der Waals surface area contributed by atoms with Gasteiger partial charge in [-0.15, -0.1) is 0 Å². The maximum Gasteiger partial charge on any atom is 0.187 e. The molecule has 0 aliphatic rings. The van der Waals surface area contributed by atoms with E-state index < -0.39 is 0 Å². The fourth-order valence-electron chi connectivity index (χ4n) is 11.0. The molecule has 0 bridgehead atoms. The summed E-state index contributed by atoms with van der Waals surface area (Å²) in [5, 5.41) is 16.8. The van der Waals surface area contributed by atoms with E-state index in [1.807, 2.05) is 24.3 Å². The standard InChI is InChI=1S/C70H50N4/c1-45-16-32-65(47(3)36-45)73(61-40-56(50-12-8-6-9-13-50)38-58(42-61)52-20-18-49(44-71)19-21-52)67-34-26-54-25-31-64-68(35-27-55-24-30-63(67)69(54)70(55)64)74(66-33-17-46(2)37-48(66)4)62-41-57(51-14-10-7-11-15-51)39-59(43-62)53-22-28-60(72-5)29-23-53/h6-43H,1-4H3. The zero-order valence-electron chi connectivity index (χ0n) is 41.7. The lowest BCUT2D eigenvalue weighted by Gasteiger charge is -2.31. The van der Waals surface area contributed by atoms with Gasteiger partial charge in [0.15, 0.2) is 5.69 Å². The number of nitrogens with zero attached hydrogens (tertiary/aromatic N) is 4. The molecule has 0 atom stereocenters. The van der Waals surface area contributed by atoms with Crippen molar-refractivity contribution in [3.63, 3.8) is 0 Å². The summed E-state index contributed by atoms with van der Waals surface area (Å²) in [4.78, 5) is 8.59. The molecule has 12 aromatic carbocycles. The molecule has 0 radical (unpaired) electrons. The Bertz CT molecular complexity index is 3910. The smallest absolute Gasteiger partial charge is 0.187 e. The molecular weight excluding hydrogens is 897 g/mol. The minimum Gasteiger partial charge on any atom is -0.310 e. The van der Waals surface area contributed by atoms with Crippen molar-refractivity contribution in [3.8, 4) is 50.6 Å². The van der Waals surface area contributed by atoms with E-state index in [1.54, 1.807) is 0 Å². The van der Waals surface area contributed by atoms with Gasteiger partial charge in [0.05, 0.1) is 29.6 Å². The molecule has 350 valence electrons. The third kappa shape index (κ3) is 8.25. The van der Waals surface area contributed by atoms with Gasteiger partial charge in [-0.2, -0.15) is 5.26 Å². The minimum absolute atomic E-state index is 0.618. The van der Waals surface area contributed by atoms with Crippen molar-refractivity contribution < 1.29 is 0 Å². The van der Waals surface area contributed by atoms with Gasteiger partial charge in [0.2, 0.25) is 0 Å². The van der Waals surface area contributed by atoms with Gasteiger partial charge in [-0.3, -0.25) is 0 Å². The minimum atomic E-state index is 0.618. The first-order valence-electron chi connectivity index (χ1n) is 25.1. The zero-order chi connectivity index (χ0) is 50.5. The summed E-state index contributed by atoms with van der Waals surface area (Å²) in [6.07, 6.45) is 0. The highest BCUT2D eigenvalue weighted by Gasteiger charge is 2.25. The summed E-state index contributed by atoms with van der Waals surface area (Å²) in [6.45, 7) is 16.4. The second-order valence-corrected chi connectivity index (χ2v) is 19.5. The number of hydrogen-bond donors (Lipinski definition) is 0. The predicted octanol–water partition coefficient (Wildman–Crippen LogP) is 19.8. The van der Waals surface area contributed by atoms with Crippen LogP contribution in [0.1, 0.15) is 27.8 Å². The van der Waals surface area contributed by atoms with Gasteiger partial charge in [-0.05, 0) is 178 Å². The van der Waals surface area contributed by atoms with Crippen LogP contribution >= 0.6 is 0 Å². The van der Waals surface area contributed by atoms with E-state index in [1.165, 1.54) is 43.8 Å². The molecule has 0 heterocycles. The van der Waals surface area contributed by atoms with Gasteiger partial charge in [-0.1, -0.05) is 169 Å². The van der Waals surface area contributed by atoms with Gasteiger partial charge < -0.3 is 9.80 Å². The highest BCUT2D eigenvalue weighted by Crippen LogP contribution is 2.50. The van der Waals surface area contributed by atoms with E-state index in [2.05, 4.69) is 255 Å². The van der Waals surface area contributed by atoms with Crippen LogP contribution in [-0.2, 0) is 0 Å². The Hall–Kier alpha value is -9.74. The van der Waals surface area contributed by atoms with E-state index >= 15 is 0 Å². The van der Waals surface area contributed by atoms with Crippen LogP contribution in [0, 0.1) is 45.6 Å². The molecule has 74 heavy (non-hydrogen) atoms. The van der Waals surface area contributed by atoms with Crippen LogP contribution in [0.2, 0.25) is 0 Å². The van der Waals surface area contributed by atoms with Crippen LogP contribution in [0.5, 0.6) is 0 Å². The summed E-state index contributed by atoms with van der Waals surface area (Å²) < 4.78 is 0. The molecule has 0 spiro atoms. The van der Waals surface area contributed by atoms with Crippen LogP contribution in [0.3, 0.4) is 0 Å². The lowest BCUT2D eigenvalue weighted by atomic mass is 9.91.